The third kappa shape index (κ3) is 5.20. The summed E-state index contributed by atoms with van der Waals surface area (Å²) in [5.74, 6) is 1.26. The molecule has 0 spiro atoms. The first-order chi connectivity index (χ1) is 15.9. The fourth-order valence-electron chi connectivity index (χ4n) is 3.93. The number of rotatable bonds is 6. The van der Waals surface area contributed by atoms with Gasteiger partial charge in [-0.05, 0) is 42.5 Å². The van der Waals surface area contributed by atoms with Crippen molar-refractivity contribution in [3.05, 3.63) is 76.6 Å². The number of aromatic nitrogens is 2. The molecule has 33 heavy (non-hydrogen) atoms. The van der Waals surface area contributed by atoms with Gasteiger partial charge in [-0.2, -0.15) is 0 Å². The van der Waals surface area contributed by atoms with Gasteiger partial charge in [0.05, 0.1) is 0 Å². The Morgan fingerprint density at radius 3 is 2.73 bits per heavy atom. The summed E-state index contributed by atoms with van der Waals surface area (Å²) in [7, 11) is 1.62. The van der Waals surface area contributed by atoms with Crippen LogP contribution in [-0.4, -0.2) is 35.1 Å². The first kappa shape index (κ1) is 22.9. The van der Waals surface area contributed by atoms with Crippen molar-refractivity contribution < 1.29 is 14.3 Å². The Labute approximate surface area is 198 Å². The van der Waals surface area contributed by atoms with Gasteiger partial charge in [0.25, 0.3) is 5.91 Å². The van der Waals surface area contributed by atoms with Gasteiger partial charge in [-0.15, -0.1) is 0 Å². The van der Waals surface area contributed by atoms with Crippen LogP contribution in [0.3, 0.4) is 0 Å². The van der Waals surface area contributed by atoms with Crippen LogP contribution in [0.15, 0.2) is 54.6 Å². The Morgan fingerprint density at radius 2 is 1.97 bits per heavy atom. The largest absolute Gasteiger partial charge is 0.414 e. The van der Waals surface area contributed by atoms with E-state index in [1.807, 2.05) is 41.8 Å². The van der Waals surface area contributed by atoms with E-state index in [4.69, 9.17) is 16.3 Å². The van der Waals surface area contributed by atoms with Gasteiger partial charge < -0.3 is 10.1 Å². The zero-order valence-corrected chi connectivity index (χ0v) is 19.5. The molecule has 2 amide bonds. The van der Waals surface area contributed by atoms with Crippen molar-refractivity contribution in [2.45, 2.75) is 38.6 Å². The van der Waals surface area contributed by atoms with E-state index in [0.29, 0.717) is 29.5 Å². The summed E-state index contributed by atoms with van der Waals surface area (Å²) >= 11 is 6.06. The summed E-state index contributed by atoms with van der Waals surface area (Å²) in [4.78, 5) is 31.8. The van der Waals surface area contributed by atoms with E-state index in [-0.39, 0.29) is 17.7 Å². The molecule has 172 valence electrons. The summed E-state index contributed by atoms with van der Waals surface area (Å²) < 4.78 is 7.62. The number of benzene rings is 2. The van der Waals surface area contributed by atoms with Gasteiger partial charge in [0.2, 0.25) is 5.88 Å². The molecule has 2 aromatic carbocycles. The van der Waals surface area contributed by atoms with Gasteiger partial charge in [-0.3, -0.25) is 14.3 Å². The number of carbonyl (C=O) groups is 2. The molecule has 1 unspecified atom stereocenters. The molecule has 1 aliphatic heterocycles. The molecule has 0 aliphatic carbocycles. The first-order valence-corrected chi connectivity index (χ1v) is 11.5. The quantitative estimate of drug-likeness (QED) is 0.552. The van der Waals surface area contributed by atoms with Crippen LogP contribution in [0.4, 0.5) is 10.6 Å². The number of anilines is 1. The second kappa shape index (κ2) is 10.1. The van der Waals surface area contributed by atoms with Crippen LogP contribution >= 0.6 is 11.6 Å². The number of carbonyl (C=O) groups excluding carboxylic acids is 2. The molecular weight excluding hydrogens is 440 g/mol. The van der Waals surface area contributed by atoms with Gasteiger partial charge >= 0.3 is 6.09 Å². The van der Waals surface area contributed by atoms with E-state index in [1.165, 1.54) is 4.90 Å². The molecule has 7 nitrogen and oxygen atoms in total. The number of halogens is 1. The Hall–Kier alpha value is -3.32. The van der Waals surface area contributed by atoms with Crippen molar-refractivity contribution in [1.82, 2.24) is 14.9 Å². The molecule has 2 heterocycles. The van der Waals surface area contributed by atoms with Crippen molar-refractivity contribution >= 4 is 29.4 Å². The lowest BCUT2D eigenvalue weighted by Crippen LogP contribution is -2.32. The number of fused-ring (bicyclic) bond motifs is 1. The fourth-order valence-corrected chi connectivity index (χ4v) is 4.12. The molecule has 1 aliphatic rings. The van der Waals surface area contributed by atoms with E-state index in [2.05, 4.69) is 10.3 Å². The molecule has 4 rings (SSSR count). The van der Waals surface area contributed by atoms with E-state index in [9.17, 15) is 9.59 Å². The van der Waals surface area contributed by atoms with E-state index in [0.717, 1.165) is 30.7 Å². The lowest BCUT2D eigenvalue weighted by Gasteiger charge is -2.19. The number of amides is 2. The average Bonchev–Trinajstić information content (AvgIpc) is 3.20. The molecule has 0 bridgehead atoms. The van der Waals surface area contributed by atoms with Gasteiger partial charge in [0.1, 0.15) is 5.82 Å². The number of hydrogen-bond donors (Lipinski definition) is 1. The van der Waals surface area contributed by atoms with Crippen molar-refractivity contribution in [3.8, 4) is 5.88 Å². The lowest BCUT2D eigenvalue weighted by atomic mass is 10.0. The van der Waals surface area contributed by atoms with E-state index >= 15 is 0 Å². The second-order valence-electron chi connectivity index (χ2n) is 8.22. The van der Waals surface area contributed by atoms with Crippen molar-refractivity contribution in [2.75, 3.05) is 18.5 Å². The van der Waals surface area contributed by atoms with Crippen LogP contribution < -0.4 is 15.0 Å². The lowest BCUT2D eigenvalue weighted by molar-refractivity contribution is 0.0991. The Balaban J connectivity index is 1.53. The molecule has 1 N–H and O–H groups in total. The van der Waals surface area contributed by atoms with Crippen molar-refractivity contribution in [1.29, 1.82) is 0 Å². The first-order valence-electron chi connectivity index (χ1n) is 11.1. The predicted octanol–water partition coefficient (Wildman–Crippen LogP) is 5.04. The number of nitrogens with zero attached hydrogens (tertiary/aromatic N) is 3. The molecule has 0 saturated carbocycles. The smallest absolute Gasteiger partial charge is 0.389 e. The zero-order valence-electron chi connectivity index (χ0n) is 18.8. The van der Waals surface area contributed by atoms with Crippen LogP contribution in [0.2, 0.25) is 5.02 Å². The third-order valence-corrected chi connectivity index (χ3v) is 6.05. The Kier molecular flexibility index (Phi) is 6.99. The summed E-state index contributed by atoms with van der Waals surface area (Å²) in [6.07, 6.45) is 2.15. The van der Waals surface area contributed by atoms with Gasteiger partial charge in [0, 0.05) is 37.1 Å². The molecule has 1 aromatic heterocycles. The third-order valence-electron chi connectivity index (χ3n) is 5.82. The Bertz CT molecular complexity index is 1150. The van der Waals surface area contributed by atoms with Gasteiger partial charge in [-0.25, -0.2) is 9.78 Å². The predicted molar refractivity (Wildman–Crippen MR) is 128 cm³/mol. The van der Waals surface area contributed by atoms with Crippen LogP contribution in [-0.2, 0) is 13.0 Å². The molecule has 0 saturated heterocycles. The normalized spacial score (nSPS) is 13.7. The standard InChI is InChI=1S/C25H27ClN4O3/c1-17(18-9-4-3-5-10-18)16-27-25(32)33-24-22(28-21-13-6-7-14-30(21)24)29(2)23(31)19-11-8-12-20(26)15-19/h3-5,8-12,15,17H,6-7,13-14,16H2,1-2H3,(H,27,32). The number of ether oxygens (including phenoxy) is 1. The zero-order chi connectivity index (χ0) is 23.4. The molecule has 8 heteroatoms. The monoisotopic (exact) mass is 466 g/mol. The average molecular weight is 467 g/mol. The maximum Gasteiger partial charge on any atom is 0.414 e. The second-order valence-corrected chi connectivity index (χ2v) is 8.66. The minimum atomic E-state index is -0.573. The maximum atomic E-state index is 13.1. The number of imidazole rings is 1. The highest BCUT2D eigenvalue weighted by Crippen LogP contribution is 2.33. The highest BCUT2D eigenvalue weighted by molar-refractivity contribution is 6.31. The summed E-state index contributed by atoms with van der Waals surface area (Å²) in [6, 6.07) is 16.7. The van der Waals surface area contributed by atoms with E-state index in [1.54, 1.807) is 31.3 Å². The van der Waals surface area contributed by atoms with Crippen LogP contribution in [0.25, 0.3) is 0 Å². The van der Waals surface area contributed by atoms with Crippen LogP contribution in [0.1, 0.15) is 47.4 Å². The van der Waals surface area contributed by atoms with Crippen molar-refractivity contribution in [2.24, 2.45) is 0 Å². The molecule has 3 aromatic rings. The molecule has 1 atom stereocenters. The topological polar surface area (TPSA) is 76.5 Å². The number of aryl methyl sites for hydroxylation is 1. The fraction of sp³-hybridized carbons (Fsp3) is 0.320. The minimum Gasteiger partial charge on any atom is -0.389 e. The van der Waals surface area contributed by atoms with Gasteiger partial charge in [0.15, 0.2) is 5.82 Å². The van der Waals surface area contributed by atoms with Crippen molar-refractivity contribution in [3.63, 3.8) is 0 Å². The highest BCUT2D eigenvalue weighted by Gasteiger charge is 2.28. The molecular formula is C25H27ClN4O3. The maximum absolute atomic E-state index is 13.1. The van der Waals surface area contributed by atoms with E-state index < -0.39 is 6.09 Å². The summed E-state index contributed by atoms with van der Waals surface area (Å²) in [6.45, 7) is 3.15. The summed E-state index contributed by atoms with van der Waals surface area (Å²) in [5, 5.41) is 3.31. The van der Waals surface area contributed by atoms with Crippen LogP contribution in [0, 0.1) is 0 Å². The van der Waals surface area contributed by atoms with Gasteiger partial charge in [-0.1, -0.05) is 54.9 Å². The number of hydrogen-bond acceptors (Lipinski definition) is 4. The highest BCUT2D eigenvalue weighted by atomic mass is 35.5. The molecule has 0 radical (unpaired) electrons. The number of nitrogens with one attached hydrogen (secondary N) is 1. The Morgan fingerprint density at radius 1 is 1.18 bits per heavy atom. The SMILES string of the molecule is CC(CNC(=O)Oc1c(N(C)C(=O)c2cccc(Cl)c2)nc2n1CCCC2)c1ccccc1. The molecule has 0 fully saturated rings. The summed E-state index contributed by atoms with van der Waals surface area (Å²) in [5.41, 5.74) is 1.56. The van der Waals surface area contributed by atoms with Crippen LogP contribution in [0.5, 0.6) is 5.88 Å². The minimum absolute atomic E-state index is 0.129.